The smallest absolute Gasteiger partial charge is 0.262 e. The van der Waals surface area contributed by atoms with Crippen LogP contribution in [0.1, 0.15) is 41.1 Å². The van der Waals surface area contributed by atoms with Crippen LogP contribution in [0.4, 0.5) is 11.4 Å². The molecule has 41 heavy (non-hydrogen) atoms. The first-order valence-corrected chi connectivity index (χ1v) is 15.2. The number of para-hydroxylation sites is 1. The summed E-state index contributed by atoms with van der Waals surface area (Å²) in [6.45, 7) is 7.98. The van der Waals surface area contributed by atoms with Crippen molar-refractivity contribution in [1.82, 2.24) is 0 Å². The van der Waals surface area contributed by atoms with Crippen molar-refractivity contribution in [2.45, 2.75) is 31.6 Å². The maximum atomic E-state index is 14.9. The summed E-state index contributed by atoms with van der Waals surface area (Å²) in [4.78, 5) is 14.9. The second-order valence-electron chi connectivity index (χ2n) is 10.6. The molecule has 1 unspecified atom stereocenters. The Hall–Kier alpha value is -4.49. The minimum atomic E-state index is -4.01. The summed E-state index contributed by atoms with van der Waals surface area (Å²) in [5.74, 6) is -1.03. The van der Waals surface area contributed by atoms with Gasteiger partial charge in [0.05, 0.1) is 28.9 Å². The predicted molar refractivity (Wildman–Crippen MR) is 164 cm³/mol. The van der Waals surface area contributed by atoms with Crippen molar-refractivity contribution in [3.8, 4) is 0 Å². The third kappa shape index (κ3) is 4.19. The number of nitrogens with zero attached hydrogens (tertiary/aromatic N) is 3. The Kier molecular flexibility index (Phi) is 6.62. The normalized spacial score (nSPS) is 22.0. The van der Waals surface area contributed by atoms with Gasteiger partial charge in [0.25, 0.3) is 5.91 Å². The van der Waals surface area contributed by atoms with E-state index in [4.69, 9.17) is 5.10 Å². The molecule has 1 amide bonds. The zero-order valence-electron chi connectivity index (χ0n) is 23.0. The zero-order valence-corrected chi connectivity index (χ0v) is 23.8. The first-order chi connectivity index (χ1) is 19.8. The third-order valence-corrected chi connectivity index (χ3v) is 9.86. The topological polar surface area (TPSA) is 70.1 Å². The van der Waals surface area contributed by atoms with Crippen molar-refractivity contribution in [1.29, 1.82) is 0 Å². The quantitative estimate of drug-likeness (QED) is 0.244. The Labute approximate surface area is 241 Å². The number of aryl methyl sites for hydroxylation is 1. The number of benzene rings is 4. The largest absolute Gasteiger partial charge is 0.271 e. The van der Waals surface area contributed by atoms with Crippen molar-refractivity contribution in [3.63, 3.8) is 0 Å². The summed E-state index contributed by atoms with van der Waals surface area (Å²) in [5, 5.41) is 6.24. The average molecular weight is 562 g/mol. The summed E-state index contributed by atoms with van der Waals surface area (Å²) in [6.07, 6.45) is 1.78. The number of rotatable bonds is 6. The molecule has 2 heterocycles. The predicted octanol–water partition coefficient (Wildman–Crippen LogP) is 6.77. The molecule has 2 aliphatic heterocycles. The molecule has 6 nitrogen and oxygen atoms in total. The van der Waals surface area contributed by atoms with Gasteiger partial charge >= 0.3 is 0 Å². The van der Waals surface area contributed by atoms with E-state index in [0.29, 0.717) is 28.2 Å². The highest BCUT2D eigenvalue weighted by Gasteiger charge is 2.65. The van der Waals surface area contributed by atoms with Crippen LogP contribution in [-0.2, 0) is 20.6 Å². The lowest BCUT2D eigenvalue weighted by Crippen LogP contribution is -2.58. The second kappa shape index (κ2) is 10.2. The minimum Gasteiger partial charge on any atom is -0.271 e. The molecule has 0 aliphatic carbocycles. The van der Waals surface area contributed by atoms with E-state index in [1.807, 2.05) is 123 Å². The summed E-state index contributed by atoms with van der Waals surface area (Å²) >= 11 is 0. The lowest BCUT2D eigenvalue weighted by atomic mass is 9.60. The molecule has 4 aromatic carbocycles. The van der Waals surface area contributed by atoms with Gasteiger partial charge < -0.3 is 0 Å². The van der Waals surface area contributed by atoms with Crippen LogP contribution in [0.25, 0.3) is 0 Å². The standard InChI is InChI=1S/C34H31N3O3S/c1-4-30-29-22-24(2)20-21-31(29)37(41(39,40)23-26-14-8-5-9-15-26)32(27-16-10-6-11-17-27)34(30)25(3)35-36(33(34)38)28-18-12-7-13-19-28/h4-22,30,32H,1,23H2,2-3H3/t30-,32-,34?/m1/s1. The SMILES string of the molecule is C=C[C@@H]1c2cc(C)ccc2N(S(=O)(=O)Cc2ccccc2)[C@H](c2ccccc2)C12C(=O)N(c1ccccc1)N=C2C. The molecule has 0 aromatic heterocycles. The van der Waals surface area contributed by atoms with E-state index < -0.39 is 27.4 Å². The number of sulfonamides is 1. The highest BCUT2D eigenvalue weighted by atomic mass is 32.2. The Balaban J connectivity index is 1.67. The molecule has 0 saturated heterocycles. The van der Waals surface area contributed by atoms with Crippen LogP contribution >= 0.6 is 0 Å². The Morgan fingerprint density at radius 2 is 1.49 bits per heavy atom. The Morgan fingerprint density at radius 1 is 0.878 bits per heavy atom. The number of hydrogen-bond acceptors (Lipinski definition) is 4. The molecular weight excluding hydrogens is 530 g/mol. The van der Waals surface area contributed by atoms with Gasteiger partial charge in [-0.15, -0.1) is 6.58 Å². The molecule has 4 aromatic rings. The molecule has 206 valence electrons. The fourth-order valence-electron chi connectivity index (χ4n) is 6.40. The molecule has 2 aliphatic rings. The molecule has 0 saturated carbocycles. The number of allylic oxidation sites excluding steroid dienone is 1. The fourth-order valence-corrected chi connectivity index (χ4v) is 8.23. The zero-order chi connectivity index (χ0) is 28.8. The van der Waals surface area contributed by atoms with E-state index in [1.54, 1.807) is 6.08 Å². The first kappa shape index (κ1) is 26.7. The van der Waals surface area contributed by atoms with E-state index in [1.165, 1.54) is 9.31 Å². The first-order valence-electron chi connectivity index (χ1n) is 13.6. The van der Waals surface area contributed by atoms with E-state index in [2.05, 4.69) is 6.58 Å². The van der Waals surface area contributed by atoms with Crippen LogP contribution in [0.2, 0.25) is 0 Å². The molecule has 0 N–H and O–H groups in total. The van der Waals surface area contributed by atoms with Crippen LogP contribution < -0.4 is 9.31 Å². The number of carbonyl (C=O) groups excluding carboxylic acids is 1. The van der Waals surface area contributed by atoms with E-state index in [9.17, 15) is 13.2 Å². The summed E-state index contributed by atoms with van der Waals surface area (Å²) in [7, 11) is -4.01. The van der Waals surface area contributed by atoms with Gasteiger partial charge in [-0.3, -0.25) is 9.10 Å². The van der Waals surface area contributed by atoms with Gasteiger partial charge in [-0.05, 0) is 48.7 Å². The van der Waals surface area contributed by atoms with Gasteiger partial charge in [-0.25, -0.2) is 8.42 Å². The number of anilines is 2. The van der Waals surface area contributed by atoms with Gasteiger partial charge in [0, 0.05) is 5.92 Å². The summed E-state index contributed by atoms with van der Waals surface area (Å²) < 4.78 is 30.7. The summed E-state index contributed by atoms with van der Waals surface area (Å²) in [6, 6.07) is 32.7. The van der Waals surface area contributed by atoms with Gasteiger partial charge in [0.15, 0.2) is 0 Å². The summed E-state index contributed by atoms with van der Waals surface area (Å²) in [5.41, 5.74) is 3.42. The Morgan fingerprint density at radius 3 is 2.12 bits per heavy atom. The van der Waals surface area contributed by atoms with E-state index >= 15 is 0 Å². The van der Waals surface area contributed by atoms with Crippen molar-refractivity contribution < 1.29 is 13.2 Å². The monoisotopic (exact) mass is 561 g/mol. The molecule has 6 rings (SSSR count). The van der Waals surface area contributed by atoms with E-state index in [-0.39, 0.29) is 11.7 Å². The van der Waals surface area contributed by atoms with Gasteiger partial charge in [0.2, 0.25) is 10.0 Å². The lowest BCUT2D eigenvalue weighted by Gasteiger charge is -2.51. The van der Waals surface area contributed by atoms with Crippen LogP contribution in [0.15, 0.2) is 127 Å². The maximum Gasteiger partial charge on any atom is 0.262 e. The van der Waals surface area contributed by atoms with E-state index in [0.717, 1.165) is 11.1 Å². The Bertz CT molecular complexity index is 1760. The second-order valence-corrected chi connectivity index (χ2v) is 12.5. The number of carbonyl (C=O) groups is 1. The average Bonchev–Trinajstić information content (AvgIpc) is 3.23. The van der Waals surface area contributed by atoms with Gasteiger partial charge in [-0.1, -0.05) is 103 Å². The van der Waals surface area contributed by atoms with Crippen LogP contribution in [0.5, 0.6) is 0 Å². The molecule has 3 atom stereocenters. The van der Waals surface area contributed by atoms with Crippen LogP contribution in [0.3, 0.4) is 0 Å². The maximum absolute atomic E-state index is 14.9. The van der Waals surface area contributed by atoms with Crippen molar-refractivity contribution in [2.75, 3.05) is 9.31 Å². The fraction of sp³-hybridized carbons (Fsp3) is 0.176. The van der Waals surface area contributed by atoms with Crippen molar-refractivity contribution in [2.24, 2.45) is 10.5 Å². The molecule has 0 fully saturated rings. The van der Waals surface area contributed by atoms with Gasteiger partial charge in [-0.2, -0.15) is 10.1 Å². The number of hydrogen-bond donors (Lipinski definition) is 0. The number of hydrazone groups is 1. The van der Waals surface area contributed by atoms with Gasteiger partial charge in [0.1, 0.15) is 5.41 Å². The van der Waals surface area contributed by atoms with Crippen molar-refractivity contribution in [3.05, 3.63) is 144 Å². The van der Waals surface area contributed by atoms with Crippen LogP contribution in [0, 0.1) is 12.3 Å². The minimum absolute atomic E-state index is 0.216. The number of fused-ring (bicyclic) bond motifs is 1. The molecular formula is C34H31N3O3S. The molecule has 7 heteroatoms. The number of amides is 1. The molecule has 0 bridgehead atoms. The van der Waals surface area contributed by atoms with Crippen LogP contribution in [-0.4, -0.2) is 20.0 Å². The third-order valence-electron chi connectivity index (χ3n) is 8.15. The van der Waals surface area contributed by atoms with Crippen molar-refractivity contribution >= 4 is 33.0 Å². The highest BCUT2D eigenvalue weighted by Crippen LogP contribution is 2.61. The molecule has 1 spiro atoms. The molecule has 0 radical (unpaired) electrons. The lowest BCUT2D eigenvalue weighted by molar-refractivity contribution is -0.125. The highest BCUT2D eigenvalue weighted by molar-refractivity contribution is 7.92.